The van der Waals surface area contributed by atoms with E-state index in [9.17, 15) is 0 Å². The highest BCUT2D eigenvalue weighted by atomic mass is 35.5. The fraction of sp³-hybridized carbons (Fsp3) is 0.333. The van der Waals surface area contributed by atoms with Crippen LogP contribution in [0.4, 0.5) is 0 Å². The third-order valence-electron chi connectivity index (χ3n) is 4.18. The number of nitrogens with two attached hydrogens (primary N) is 1. The lowest BCUT2D eigenvalue weighted by atomic mass is 9.77. The van der Waals surface area contributed by atoms with Crippen LogP contribution in [-0.2, 0) is 0 Å². The molecule has 1 aliphatic rings. The summed E-state index contributed by atoms with van der Waals surface area (Å²) < 4.78 is 5.78. The average Bonchev–Trinajstić information content (AvgIpc) is 2.45. The predicted octanol–water partition coefficient (Wildman–Crippen LogP) is 4.69. The molecule has 3 rings (SSSR count). The number of halogens is 1. The van der Waals surface area contributed by atoms with Crippen molar-refractivity contribution in [2.24, 2.45) is 5.73 Å². The van der Waals surface area contributed by atoms with E-state index in [1.165, 1.54) is 30.4 Å². The van der Waals surface area contributed by atoms with Gasteiger partial charge in [0.15, 0.2) is 0 Å². The van der Waals surface area contributed by atoms with Crippen molar-refractivity contribution < 1.29 is 4.74 Å². The second kappa shape index (κ2) is 6.50. The molecule has 1 saturated carbocycles. The summed E-state index contributed by atoms with van der Waals surface area (Å²) in [6, 6.07) is 15.8. The van der Waals surface area contributed by atoms with Gasteiger partial charge in [0.2, 0.25) is 0 Å². The van der Waals surface area contributed by atoms with Gasteiger partial charge in [-0.05, 0) is 54.2 Å². The largest absolute Gasteiger partial charge is 0.492 e. The monoisotopic (exact) mass is 301 g/mol. The quantitative estimate of drug-likeness (QED) is 0.870. The summed E-state index contributed by atoms with van der Waals surface area (Å²) in [7, 11) is 0. The van der Waals surface area contributed by atoms with Gasteiger partial charge in [-0.25, -0.2) is 0 Å². The first-order valence-electron chi connectivity index (χ1n) is 7.47. The van der Waals surface area contributed by atoms with Crippen LogP contribution in [0.3, 0.4) is 0 Å². The molecule has 0 radical (unpaired) electrons. The third kappa shape index (κ3) is 3.39. The minimum atomic E-state index is -0.0996. The summed E-state index contributed by atoms with van der Waals surface area (Å²) in [6.45, 7) is 0.478. The molecule has 2 aromatic rings. The summed E-state index contributed by atoms with van der Waals surface area (Å²) in [4.78, 5) is 0. The van der Waals surface area contributed by atoms with Crippen LogP contribution < -0.4 is 10.5 Å². The summed E-state index contributed by atoms with van der Waals surface area (Å²) in [6.07, 6.45) is 3.89. The van der Waals surface area contributed by atoms with Gasteiger partial charge >= 0.3 is 0 Å². The molecule has 2 aromatic carbocycles. The van der Waals surface area contributed by atoms with Crippen molar-refractivity contribution in [3.63, 3.8) is 0 Å². The van der Waals surface area contributed by atoms with Gasteiger partial charge < -0.3 is 10.5 Å². The highest BCUT2D eigenvalue weighted by Crippen LogP contribution is 2.39. The van der Waals surface area contributed by atoms with Crippen LogP contribution in [0.2, 0.25) is 5.02 Å². The Kier molecular flexibility index (Phi) is 4.47. The molecule has 3 heteroatoms. The van der Waals surface area contributed by atoms with E-state index in [1.807, 2.05) is 24.3 Å². The third-order valence-corrected chi connectivity index (χ3v) is 4.44. The zero-order valence-corrected chi connectivity index (χ0v) is 12.7. The van der Waals surface area contributed by atoms with Crippen LogP contribution in [0.5, 0.6) is 5.75 Å². The Morgan fingerprint density at radius 1 is 1.10 bits per heavy atom. The molecule has 1 fully saturated rings. The topological polar surface area (TPSA) is 35.2 Å². The lowest BCUT2D eigenvalue weighted by Gasteiger charge is -2.29. The van der Waals surface area contributed by atoms with Crippen molar-refractivity contribution in [3.05, 3.63) is 64.7 Å². The number of hydrogen-bond acceptors (Lipinski definition) is 2. The van der Waals surface area contributed by atoms with Crippen molar-refractivity contribution in [3.8, 4) is 5.75 Å². The van der Waals surface area contributed by atoms with Gasteiger partial charge in [-0.3, -0.25) is 0 Å². The maximum Gasteiger partial charge on any atom is 0.119 e. The van der Waals surface area contributed by atoms with Crippen molar-refractivity contribution in [2.75, 3.05) is 6.61 Å². The van der Waals surface area contributed by atoms with E-state index in [2.05, 4.69) is 24.3 Å². The second-order valence-electron chi connectivity index (χ2n) is 5.63. The van der Waals surface area contributed by atoms with E-state index in [-0.39, 0.29) is 6.04 Å². The fourth-order valence-electron chi connectivity index (χ4n) is 2.75. The van der Waals surface area contributed by atoms with Gasteiger partial charge in [0.1, 0.15) is 12.4 Å². The lowest BCUT2D eigenvalue weighted by Crippen LogP contribution is -2.22. The first-order valence-corrected chi connectivity index (χ1v) is 7.84. The molecule has 0 aromatic heterocycles. The molecule has 21 heavy (non-hydrogen) atoms. The van der Waals surface area contributed by atoms with Crippen molar-refractivity contribution >= 4 is 11.6 Å². The molecule has 0 spiro atoms. The van der Waals surface area contributed by atoms with Crippen LogP contribution in [-0.4, -0.2) is 6.61 Å². The lowest BCUT2D eigenvalue weighted by molar-refractivity contribution is 0.288. The van der Waals surface area contributed by atoms with Crippen LogP contribution >= 0.6 is 11.6 Å². The normalized spacial score (nSPS) is 16.3. The predicted molar refractivity (Wildman–Crippen MR) is 86.9 cm³/mol. The molecule has 2 N–H and O–H groups in total. The molecule has 1 aliphatic carbocycles. The van der Waals surface area contributed by atoms with Gasteiger partial charge in [-0.1, -0.05) is 42.3 Å². The van der Waals surface area contributed by atoms with Crippen LogP contribution in [0.15, 0.2) is 48.5 Å². The zero-order chi connectivity index (χ0) is 14.7. The maximum absolute atomic E-state index is 6.34. The Morgan fingerprint density at radius 2 is 1.81 bits per heavy atom. The van der Waals surface area contributed by atoms with E-state index in [0.717, 1.165) is 5.75 Å². The minimum Gasteiger partial charge on any atom is -0.492 e. The summed E-state index contributed by atoms with van der Waals surface area (Å²) in [5.74, 6) is 1.48. The Morgan fingerprint density at radius 3 is 2.48 bits per heavy atom. The molecule has 0 aliphatic heterocycles. The van der Waals surface area contributed by atoms with Crippen LogP contribution in [0.25, 0.3) is 0 Å². The molecule has 110 valence electrons. The zero-order valence-electron chi connectivity index (χ0n) is 12.0. The molecule has 0 heterocycles. The van der Waals surface area contributed by atoms with Crippen molar-refractivity contribution in [2.45, 2.75) is 31.2 Å². The van der Waals surface area contributed by atoms with E-state index in [1.54, 1.807) is 0 Å². The molecule has 0 bridgehead atoms. The van der Waals surface area contributed by atoms with Crippen LogP contribution in [0, 0.1) is 0 Å². The number of hydrogen-bond donors (Lipinski definition) is 1. The molecule has 0 amide bonds. The van der Waals surface area contributed by atoms with E-state index < -0.39 is 0 Å². The Balaban J connectivity index is 1.67. The SMILES string of the molecule is NC(COc1ccc(Cl)cc1)c1ccccc1C1CCC1. The van der Waals surface area contributed by atoms with Crippen molar-refractivity contribution in [1.82, 2.24) is 0 Å². The average molecular weight is 302 g/mol. The van der Waals surface area contributed by atoms with Gasteiger partial charge in [0.25, 0.3) is 0 Å². The fourth-order valence-corrected chi connectivity index (χ4v) is 2.87. The van der Waals surface area contributed by atoms with E-state index in [4.69, 9.17) is 22.1 Å². The standard InChI is InChI=1S/C18H20ClNO/c19-14-8-10-15(11-9-14)21-12-18(20)17-7-2-1-6-16(17)13-4-3-5-13/h1-2,6-11,13,18H,3-5,12,20H2. The summed E-state index contributed by atoms with van der Waals surface area (Å²) in [5.41, 5.74) is 8.96. The van der Waals surface area contributed by atoms with E-state index >= 15 is 0 Å². The van der Waals surface area contributed by atoms with Crippen molar-refractivity contribution in [1.29, 1.82) is 0 Å². The molecular weight excluding hydrogens is 282 g/mol. The smallest absolute Gasteiger partial charge is 0.119 e. The maximum atomic E-state index is 6.34. The molecule has 2 nitrogen and oxygen atoms in total. The second-order valence-corrected chi connectivity index (χ2v) is 6.06. The van der Waals surface area contributed by atoms with Gasteiger partial charge in [0.05, 0.1) is 6.04 Å². The Hall–Kier alpha value is -1.51. The summed E-state index contributed by atoms with van der Waals surface area (Å²) >= 11 is 5.87. The first kappa shape index (κ1) is 14.4. The molecular formula is C18H20ClNO. The highest BCUT2D eigenvalue weighted by molar-refractivity contribution is 6.30. The molecule has 0 saturated heterocycles. The summed E-state index contributed by atoms with van der Waals surface area (Å²) in [5, 5.41) is 0.710. The molecule has 1 unspecified atom stereocenters. The Bertz CT molecular complexity index is 592. The van der Waals surface area contributed by atoms with Gasteiger partial charge in [0, 0.05) is 5.02 Å². The Labute approximate surface area is 130 Å². The first-order chi connectivity index (χ1) is 10.2. The molecule has 1 atom stereocenters. The number of benzene rings is 2. The van der Waals surface area contributed by atoms with Gasteiger partial charge in [-0.2, -0.15) is 0 Å². The van der Waals surface area contributed by atoms with Gasteiger partial charge in [-0.15, -0.1) is 0 Å². The van der Waals surface area contributed by atoms with E-state index in [0.29, 0.717) is 17.5 Å². The van der Waals surface area contributed by atoms with Crippen LogP contribution in [0.1, 0.15) is 42.3 Å². The number of rotatable bonds is 5. The number of ether oxygens (including phenoxy) is 1. The highest BCUT2D eigenvalue weighted by Gasteiger charge is 2.23. The minimum absolute atomic E-state index is 0.0996.